The maximum absolute atomic E-state index is 11.2. The van der Waals surface area contributed by atoms with Gasteiger partial charge in [0.25, 0.3) is 30.4 Å². The normalized spacial score (nSPS) is 12.5. The van der Waals surface area contributed by atoms with Crippen LogP contribution in [0.5, 0.6) is 0 Å². The Labute approximate surface area is 132 Å². The molecule has 9 nitrogen and oxygen atoms in total. The number of hydrogen-bond donors (Lipinski definition) is 3. The van der Waals surface area contributed by atoms with E-state index in [-0.39, 0.29) is 10.8 Å². The Hall–Kier alpha value is -1.57. The maximum atomic E-state index is 11.2. The summed E-state index contributed by atoms with van der Waals surface area (Å²) in [6, 6.07) is 7.53. The minimum absolute atomic E-state index is 0.0233. The van der Waals surface area contributed by atoms with Crippen LogP contribution >= 0.6 is 0 Å². The zero-order valence-electron chi connectivity index (χ0n) is 11.5. The largest absolute Gasteiger partial charge is 0.295 e. The number of hydrogen-bond acceptors (Lipinski definition) is 6. The molecule has 0 aliphatic carbocycles. The van der Waals surface area contributed by atoms with Gasteiger partial charge in [0, 0.05) is 10.8 Å². The molecule has 0 fully saturated rings. The number of benzene rings is 2. The molecular formula is C11H12O9S3. The minimum Gasteiger partial charge on any atom is -0.286 e. The highest BCUT2D eigenvalue weighted by molar-refractivity contribution is 7.86. The lowest BCUT2D eigenvalue weighted by molar-refractivity contribution is 0.481. The van der Waals surface area contributed by atoms with Crippen LogP contribution in [-0.2, 0) is 30.4 Å². The zero-order chi connectivity index (χ0) is 18.1. The molecule has 0 aliphatic heterocycles. The molecular weight excluding hydrogens is 372 g/mol. The molecule has 23 heavy (non-hydrogen) atoms. The lowest BCUT2D eigenvalue weighted by Crippen LogP contribution is -2.02. The van der Waals surface area contributed by atoms with Crippen LogP contribution in [-0.4, -0.2) is 45.2 Å². The highest BCUT2D eigenvalue weighted by atomic mass is 32.2. The van der Waals surface area contributed by atoms with Crippen LogP contribution in [0, 0.1) is 0 Å². The van der Waals surface area contributed by atoms with E-state index in [1.807, 2.05) is 0 Å². The van der Waals surface area contributed by atoms with Crippen molar-refractivity contribution in [1.82, 2.24) is 0 Å². The Morgan fingerprint density at radius 1 is 0.652 bits per heavy atom. The number of fused-ring (bicyclic) bond motifs is 1. The summed E-state index contributed by atoms with van der Waals surface area (Å²) in [7, 11) is -12.6. The van der Waals surface area contributed by atoms with Crippen LogP contribution in [0.4, 0.5) is 0 Å². The van der Waals surface area contributed by atoms with Gasteiger partial charge in [0.2, 0.25) is 0 Å². The summed E-state index contributed by atoms with van der Waals surface area (Å²) in [5, 5.41) is 0.0465. The van der Waals surface area contributed by atoms with E-state index < -0.39 is 40.1 Å². The minimum atomic E-state index is -4.47. The average Bonchev–Trinajstić information content (AvgIpc) is 2.33. The molecule has 2 rings (SSSR count). The molecule has 2 aromatic rings. The molecule has 0 unspecified atom stereocenters. The van der Waals surface area contributed by atoms with E-state index in [1.165, 1.54) is 24.3 Å². The molecule has 128 valence electrons. The second kappa shape index (κ2) is 6.51. The van der Waals surface area contributed by atoms with E-state index in [4.69, 9.17) is 13.7 Å². The SMILES string of the molecule is CS(=O)(=O)O.O=S(=O)(O)c1cccc2c(S(=O)(=O)O)cccc12. The lowest BCUT2D eigenvalue weighted by Gasteiger charge is -2.06. The molecule has 0 saturated carbocycles. The van der Waals surface area contributed by atoms with E-state index in [9.17, 15) is 25.3 Å². The maximum Gasteiger partial charge on any atom is 0.295 e. The summed E-state index contributed by atoms with van der Waals surface area (Å²) in [4.78, 5) is -0.823. The fourth-order valence-corrected chi connectivity index (χ4v) is 3.12. The third-order valence-electron chi connectivity index (χ3n) is 2.40. The van der Waals surface area contributed by atoms with Crippen LogP contribution in [0.3, 0.4) is 0 Å². The Morgan fingerprint density at radius 2 is 0.913 bits per heavy atom. The van der Waals surface area contributed by atoms with Crippen LogP contribution in [0.2, 0.25) is 0 Å². The van der Waals surface area contributed by atoms with E-state index in [2.05, 4.69) is 0 Å². The monoisotopic (exact) mass is 384 g/mol. The van der Waals surface area contributed by atoms with E-state index in [0.29, 0.717) is 6.26 Å². The third-order valence-corrected chi connectivity index (χ3v) is 4.22. The Morgan fingerprint density at radius 3 is 1.13 bits per heavy atom. The van der Waals surface area contributed by atoms with Crippen LogP contribution in [0.25, 0.3) is 10.8 Å². The van der Waals surface area contributed by atoms with Gasteiger partial charge in [-0.15, -0.1) is 0 Å². The summed E-state index contributed by atoms with van der Waals surface area (Å²) in [6.45, 7) is 0. The van der Waals surface area contributed by atoms with Gasteiger partial charge in [0.1, 0.15) is 9.79 Å². The van der Waals surface area contributed by atoms with Crippen molar-refractivity contribution in [2.24, 2.45) is 0 Å². The van der Waals surface area contributed by atoms with Crippen molar-refractivity contribution in [3.05, 3.63) is 36.4 Å². The molecule has 12 heteroatoms. The van der Waals surface area contributed by atoms with Gasteiger partial charge in [0.15, 0.2) is 0 Å². The van der Waals surface area contributed by atoms with E-state index in [1.54, 1.807) is 0 Å². The Kier molecular flexibility index (Phi) is 5.51. The van der Waals surface area contributed by atoms with Gasteiger partial charge in [-0.05, 0) is 12.1 Å². The summed E-state index contributed by atoms with van der Waals surface area (Å²) >= 11 is 0. The third kappa shape index (κ3) is 5.85. The van der Waals surface area contributed by atoms with Gasteiger partial charge < -0.3 is 0 Å². The van der Waals surface area contributed by atoms with Crippen molar-refractivity contribution in [1.29, 1.82) is 0 Å². The van der Waals surface area contributed by atoms with Crippen LogP contribution in [0.15, 0.2) is 46.2 Å². The zero-order valence-corrected chi connectivity index (χ0v) is 13.9. The Bertz CT molecular complexity index is 956. The number of rotatable bonds is 2. The first-order valence-electron chi connectivity index (χ1n) is 5.60. The molecule has 2 aromatic carbocycles. The van der Waals surface area contributed by atoms with Gasteiger partial charge in [-0.2, -0.15) is 25.3 Å². The van der Waals surface area contributed by atoms with Crippen molar-refractivity contribution < 1.29 is 38.9 Å². The Balaban J connectivity index is 0.000000463. The van der Waals surface area contributed by atoms with Gasteiger partial charge >= 0.3 is 0 Å². The smallest absolute Gasteiger partial charge is 0.286 e. The molecule has 0 aliphatic rings. The lowest BCUT2D eigenvalue weighted by atomic mass is 10.1. The molecule has 0 radical (unpaired) electrons. The molecule has 0 heterocycles. The summed E-state index contributed by atoms with van der Waals surface area (Å²) in [6.07, 6.45) is 0.715. The van der Waals surface area contributed by atoms with Gasteiger partial charge in [-0.1, -0.05) is 24.3 Å². The molecule has 0 saturated heterocycles. The molecule has 0 amide bonds. The van der Waals surface area contributed by atoms with Gasteiger partial charge in [-0.3, -0.25) is 13.7 Å². The standard InChI is InChI=1S/C10H8O6S2.CH4O3S/c11-17(12,13)9-5-1-3-7-8(9)4-2-6-10(7)18(14,15)16;1-5(2,3)4/h1-6H,(H,11,12,13)(H,14,15,16);1H3,(H,2,3,4). The first kappa shape index (κ1) is 19.5. The summed E-state index contributed by atoms with van der Waals surface area (Å²) in [5.74, 6) is 0. The molecule has 3 N–H and O–H groups in total. The fraction of sp³-hybridized carbons (Fsp3) is 0.0909. The van der Waals surface area contributed by atoms with Crippen molar-refractivity contribution in [3.8, 4) is 0 Å². The molecule has 0 atom stereocenters. The second-order valence-electron chi connectivity index (χ2n) is 4.29. The van der Waals surface area contributed by atoms with Crippen molar-refractivity contribution in [2.75, 3.05) is 6.26 Å². The highest BCUT2D eigenvalue weighted by Gasteiger charge is 2.18. The van der Waals surface area contributed by atoms with E-state index in [0.717, 1.165) is 12.1 Å². The van der Waals surface area contributed by atoms with E-state index >= 15 is 0 Å². The van der Waals surface area contributed by atoms with Crippen LogP contribution in [0.1, 0.15) is 0 Å². The molecule has 0 bridgehead atoms. The predicted molar refractivity (Wildman–Crippen MR) is 81.0 cm³/mol. The van der Waals surface area contributed by atoms with Crippen molar-refractivity contribution in [3.63, 3.8) is 0 Å². The summed E-state index contributed by atoms with van der Waals surface area (Å²) < 4.78 is 88.6. The predicted octanol–water partition coefficient (Wildman–Crippen LogP) is 0.837. The highest BCUT2D eigenvalue weighted by Crippen LogP contribution is 2.27. The average molecular weight is 384 g/mol. The summed E-state index contributed by atoms with van der Waals surface area (Å²) in [5.41, 5.74) is 0. The molecule has 0 aromatic heterocycles. The fourth-order valence-electron chi connectivity index (χ4n) is 1.70. The first-order valence-corrected chi connectivity index (χ1v) is 10.3. The van der Waals surface area contributed by atoms with Crippen molar-refractivity contribution in [2.45, 2.75) is 9.79 Å². The topological polar surface area (TPSA) is 163 Å². The molecule has 0 spiro atoms. The second-order valence-corrected chi connectivity index (χ2v) is 8.54. The van der Waals surface area contributed by atoms with Gasteiger partial charge in [0.05, 0.1) is 6.26 Å². The van der Waals surface area contributed by atoms with Gasteiger partial charge in [-0.25, -0.2) is 0 Å². The van der Waals surface area contributed by atoms with Crippen LogP contribution < -0.4 is 0 Å². The first-order chi connectivity index (χ1) is 10.2. The van der Waals surface area contributed by atoms with Crippen molar-refractivity contribution >= 4 is 41.1 Å². The quantitative estimate of drug-likeness (QED) is 0.636.